The maximum Gasteiger partial charge on any atom is 0.0172 e. The third-order valence-electron chi connectivity index (χ3n) is 4.90. The van der Waals surface area contributed by atoms with Gasteiger partial charge in [-0.05, 0) is 30.8 Å². The Hall–Kier alpha value is 0.660. The predicted molar refractivity (Wildman–Crippen MR) is 128 cm³/mol. The van der Waals surface area contributed by atoms with Crippen molar-refractivity contribution in [2.45, 2.75) is 116 Å². The SMILES string of the molecule is CCCCCCCCSCCNCC(CCC)SCCCCCCCC. The number of hydrogen-bond acceptors (Lipinski definition) is 3. The Morgan fingerprint density at radius 1 is 0.615 bits per heavy atom. The summed E-state index contributed by atoms with van der Waals surface area (Å²) in [7, 11) is 0. The van der Waals surface area contributed by atoms with E-state index in [1.54, 1.807) is 0 Å². The Morgan fingerprint density at radius 2 is 1.19 bits per heavy atom. The highest BCUT2D eigenvalue weighted by molar-refractivity contribution is 8.00. The van der Waals surface area contributed by atoms with Crippen molar-refractivity contribution in [3.8, 4) is 0 Å². The van der Waals surface area contributed by atoms with E-state index in [9.17, 15) is 0 Å². The molecule has 0 rings (SSSR count). The first-order valence-electron chi connectivity index (χ1n) is 11.7. The highest BCUT2D eigenvalue weighted by atomic mass is 32.2. The molecule has 0 aliphatic carbocycles. The summed E-state index contributed by atoms with van der Waals surface area (Å²) < 4.78 is 0. The van der Waals surface area contributed by atoms with Crippen molar-refractivity contribution >= 4 is 23.5 Å². The number of thioether (sulfide) groups is 2. The monoisotopic (exact) mass is 403 g/mol. The molecule has 0 heterocycles. The first-order valence-corrected chi connectivity index (χ1v) is 14.0. The molecule has 0 amide bonds. The quantitative estimate of drug-likeness (QED) is 0.184. The summed E-state index contributed by atoms with van der Waals surface area (Å²) in [5, 5.41) is 4.55. The zero-order chi connectivity index (χ0) is 19.1. The largest absolute Gasteiger partial charge is 0.315 e. The third kappa shape index (κ3) is 21.0. The van der Waals surface area contributed by atoms with Gasteiger partial charge in [-0.15, -0.1) is 0 Å². The van der Waals surface area contributed by atoms with Gasteiger partial charge in [0.1, 0.15) is 0 Å². The van der Waals surface area contributed by atoms with Crippen LogP contribution in [-0.2, 0) is 0 Å². The summed E-state index contributed by atoms with van der Waals surface area (Å²) in [6.07, 6.45) is 19.7. The lowest BCUT2D eigenvalue weighted by Gasteiger charge is -2.16. The second-order valence-electron chi connectivity index (χ2n) is 7.63. The molecule has 0 saturated heterocycles. The Kier molecular flexibility index (Phi) is 24.3. The molecule has 0 aromatic rings. The van der Waals surface area contributed by atoms with Gasteiger partial charge in [-0.25, -0.2) is 0 Å². The fraction of sp³-hybridized carbons (Fsp3) is 1.00. The van der Waals surface area contributed by atoms with Crippen LogP contribution in [0, 0.1) is 0 Å². The van der Waals surface area contributed by atoms with Crippen LogP contribution in [0.15, 0.2) is 0 Å². The van der Waals surface area contributed by atoms with Crippen molar-refractivity contribution in [2.24, 2.45) is 0 Å². The number of unbranched alkanes of at least 4 members (excludes halogenated alkanes) is 10. The van der Waals surface area contributed by atoms with Gasteiger partial charge in [0.25, 0.3) is 0 Å². The Bertz CT molecular complexity index is 248. The van der Waals surface area contributed by atoms with Gasteiger partial charge < -0.3 is 5.32 Å². The third-order valence-corrected chi connectivity index (χ3v) is 7.37. The minimum Gasteiger partial charge on any atom is -0.315 e. The van der Waals surface area contributed by atoms with Crippen LogP contribution in [0.3, 0.4) is 0 Å². The van der Waals surface area contributed by atoms with Gasteiger partial charge in [-0.2, -0.15) is 23.5 Å². The van der Waals surface area contributed by atoms with E-state index in [1.807, 2.05) is 0 Å². The lowest BCUT2D eigenvalue weighted by Crippen LogP contribution is -2.27. The molecule has 0 saturated carbocycles. The molecule has 0 fully saturated rings. The first-order chi connectivity index (χ1) is 12.8. The van der Waals surface area contributed by atoms with E-state index in [-0.39, 0.29) is 0 Å². The summed E-state index contributed by atoms with van der Waals surface area (Å²) in [4.78, 5) is 0. The summed E-state index contributed by atoms with van der Waals surface area (Å²) in [6, 6.07) is 0. The normalized spacial score (nSPS) is 12.6. The van der Waals surface area contributed by atoms with Crippen molar-refractivity contribution in [1.82, 2.24) is 5.32 Å². The number of rotatable bonds is 22. The van der Waals surface area contributed by atoms with Gasteiger partial charge in [0.05, 0.1) is 0 Å². The van der Waals surface area contributed by atoms with Gasteiger partial charge >= 0.3 is 0 Å². The van der Waals surface area contributed by atoms with Gasteiger partial charge in [-0.1, -0.05) is 91.4 Å². The van der Waals surface area contributed by atoms with Crippen LogP contribution in [-0.4, -0.2) is 35.6 Å². The second-order valence-corrected chi connectivity index (χ2v) is 10.3. The minimum atomic E-state index is 0.833. The average molecular weight is 404 g/mol. The molecule has 26 heavy (non-hydrogen) atoms. The Labute approximate surface area is 175 Å². The van der Waals surface area contributed by atoms with E-state index in [2.05, 4.69) is 49.6 Å². The van der Waals surface area contributed by atoms with E-state index in [0.29, 0.717) is 0 Å². The second kappa shape index (κ2) is 23.7. The molecule has 0 radical (unpaired) electrons. The number of nitrogens with one attached hydrogen (secondary N) is 1. The molecule has 0 spiro atoms. The molecule has 158 valence electrons. The number of hydrogen-bond donors (Lipinski definition) is 1. The maximum absolute atomic E-state index is 3.72. The zero-order valence-corrected chi connectivity index (χ0v) is 20.0. The Balaban J connectivity index is 3.39. The van der Waals surface area contributed by atoms with Gasteiger partial charge in [0, 0.05) is 24.1 Å². The molecule has 0 aliphatic heterocycles. The zero-order valence-electron chi connectivity index (χ0n) is 18.3. The van der Waals surface area contributed by atoms with Crippen LogP contribution in [0.25, 0.3) is 0 Å². The summed E-state index contributed by atoms with van der Waals surface area (Å²) in [5.41, 5.74) is 0. The lowest BCUT2D eigenvalue weighted by molar-refractivity contribution is 0.623. The molecule has 0 aliphatic rings. The van der Waals surface area contributed by atoms with Gasteiger partial charge in [0.15, 0.2) is 0 Å². The molecule has 1 unspecified atom stereocenters. The molecule has 0 bridgehead atoms. The molecular weight excluding hydrogens is 354 g/mol. The van der Waals surface area contributed by atoms with E-state index in [1.165, 1.54) is 120 Å². The fourth-order valence-corrected chi connectivity index (χ4v) is 5.44. The predicted octanol–water partition coefficient (Wildman–Crippen LogP) is 7.93. The molecule has 0 aromatic carbocycles. The van der Waals surface area contributed by atoms with Crippen molar-refractivity contribution < 1.29 is 0 Å². The van der Waals surface area contributed by atoms with E-state index in [0.717, 1.165) is 5.25 Å². The lowest BCUT2D eigenvalue weighted by atomic mass is 10.1. The van der Waals surface area contributed by atoms with Crippen LogP contribution in [0.1, 0.15) is 111 Å². The van der Waals surface area contributed by atoms with Crippen molar-refractivity contribution in [2.75, 3.05) is 30.3 Å². The van der Waals surface area contributed by atoms with Crippen molar-refractivity contribution in [1.29, 1.82) is 0 Å². The summed E-state index contributed by atoms with van der Waals surface area (Å²) >= 11 is 4.37. The highest BCUT2D eigenvalue weighted by Gasteiger charge is 2.07. The molecule has 3 heteroatoms. The van der Waals surface area contributed by atoms with Crippen molar-refractivity contribution in [3.05, 3.63) is 0 Å². The maximum atomic E-state index is 3.72. The molecule has 1 N–H and O–H groups in total. The standard InChI is InChI=1S/C23H49NS2/c1-4-7-9-11-13-15-19-25-21-18-24-22-23(17-6-3)26-20-16-14-12-10-8-5-2/h23-24H,4-22H2,1-3H3. The van der Waals surface area contributed by atoms with Crippen molar-refractivity contribution in [3.63, 3.8) is 0 Å². The smallest absolute Gasteiger partial charge is 0.0172 e. The van der Waals surface area contributed by atoms with E-state index in [4.69, 9.17) is 0 Å². The van der Waals surface area contributed by atoms with Crippen LogP contribution in [0.4, 0.5) is 0 Å². The van der Waals surface area contributed by atoms with Crippen LogP contribution >= 0.6 is 23.5 Å². The molecular formula is C23H49NS2. The molecule has 1 atom stereocenters. The summed E-state index contributed by atoms with van der Waals surface area (Å²) in [5.74, 6) is 4.01. The van der Waals surface area contributed by atoms with Gasteiger partial charge in [0.2, 0.25) is 0 Å². The van der Waals surface area contributed by atoms with Crippen LogP contribution < -0.4 is 5.32 Å². The van der Waals surface area contributed by atoms with E-state index < -0.39 is 0 Å². The minimum absolute atomic E-state index is 0.833. The van der Waals surface area contributed by atoms with E-state index >= 15 is 0 Å². The van der Waals surface area contributed by atoms with Gasteiger partial charge in [-0.3, -0.25) is 0 Å². The molecule has 1 nitrogen and oxygen atoms in total. The molecule has 0 aromatic heterocycles. The summed E-state index contributed by atoms with van der Waals surface area (Å²) in [6.45, 7) is 9.32. The van der Waals surface area contributed by atoms with Crippen LogP contribution in [0.5, 0.6) is 0 Å². The van der Waals surface area contributed by atoms with Crippen LogP contribution in [0.2, 0.25) is 0 Å². The fourth-order valence-electron chi connectivity index (χ4n) is 3.19. The topological polar surface area (TPSA) is 12.0 Å². The highest BCUT2D eigenvalue weighted by Crippen LogP contribution is 2.18. The average Bonchev–Trinajstić information content (AvgIpc) is 2.65. The Morgan fingerprint density at radius 3 is 1.81 bits per heavy atom. The first kappa shape index (κ1) is 26.7.